The Balaban J connectivity index is 1.86. The zero-order chi connectivity index (χ0) is 17.4. The minimum atomic E-state index is -0.290. The molecule has 0 saturated carbocycles. The summed E-state index contributed by atoms with van der Waals surface area (Å²) >= 11 is 6.94. The van der Waals surface area contributed by atoms with Crippen LogP contribution in [0.4, 0.5) is 15.8 Å². The third kappa shape index (κ3) is 3.39. The van der Waals surface area contributed by atoms with Crippen LogP contribution in [0, 0.1) is 5.82 Å². The van der Waals surface area contributed by atoms with E-state index in [9.17, 15) is 4.39 Å². The lowest BCUT2D eigenvalue weighted by molar-refractivity contribution is 0.628. The van der Waals surface area contributed by atoms with Gasteiger partial charge < -0.3 is 5.32 Å². The number of rotatable bonds is 2. The zero-order valence-corrected chi connectivity index (χ0v) is 16.2. The van der Waals surface area contributed by atoms with Crippen LogP contribution in [0.5, 0.6) is 0 Å². The monoisotopic (exact) mass is 458 g/mol. The molecular weight excluding hydrogens is 447 g/mol. The SMILES string of the molecule is Fc1ccc2c(c1)N=C(c1ccc(Br)cc1)C(c1ccc(Br)cc1)N2. The number of benzene rings is 3. The molecule has 1 N–H and O–H groups in total. The van der Waals surface area contributed by atoms with Crippen molar-refractivity contribution < 1.29 is 4.39 Å². The van der Waals surface area contributed by atoms with E-state index in [2.05, 4.69) is 49.3 Å². The van der Waals surface area contributed by atoms with Crippen molar-refractivity contribution in [2.75, 3.05) is 5.32 Å². The topological polar surface area (TPSA) is 24.4 Å². The maximum atomic E-state index is 13.6. The van der Waals surface area contributed by atoms with E-state index in [-0.39, 0.29) is 11.9 Å². The Labute approximate surface area is 162 Å². The summed E-state index contributed by atoms with van der Waals surface area (Å²) in [6.07, 6.45) is 0. The second kappa shape index (κ2) is 6.73. The minimum absolute atomic E-state index is 0.104. The van der Waals surface area contributed by atoms with E-state index in [0.29, 0.717) is 5.69 Å². The molecule has 1 unspecified atom stereocenters. The summed E-state index contributed by atoms with van der Waals surface area (Å²) in [6.45, 7) is 0. The molecule has 1 aliphatic rings. The summed E-state index contributed by atoms with van der Waals surface area (Å²) in [6, 6.07) is 20.7. The lowest BCUT2D eigenvalue weighted by atomic mass is 9.94. The summed E-state index contributed by atoms with van der Waals surface area (Å²) < 4.78 is 15.7. The van der Waals surface area contributed by atoms with E-state index in [4.69, 9.17) is 4.99 Å². The molecule has 124 valence electrons. The van der Waals surface area contributed by atoms with Gasteiger partial charge in [-0.1, -0.05) is 56.1 Å². The van der Waals surface area contributed by atoms with Crippen LogP contribution < -0.4 is 5.32 Å². The number of hydrogen-bond donors (Lipinski definition) is 1. The molecule has 0 fully saturated rings. The van der Waals surface area contributed by atoms with Gasteiger partial charge in [-0.25, -0.2) is 9.38 Å². The number of hydrogen-bond acceptors (Lipinski definition) is 2. The van der Waals surface area contributed by atoms with Gasteiger partial charge in [0.15, 0.2) is 0 Å². The van der Waals surface area contributed by atoms with Crippen molar-refractivity contribution in [3.8, 4) is 0 Å². The molecule has 4 rings (SSSR count). The number of anilines is 1. The molecule has 0 radical (unpaired) electrons. The van der Waals surface area contributed by atoms with Gasteiger partial charge in [-0.15, -0.1) is 0 Å². The quantitative estimate of drug-likeness (QED) is 0.456. The van der Waals surface area contributed by atoms with E-state index < -0.39 is 0 Å². The van der Waals surface area contributed by atoms with Crippen LogP contribution in [0.25, 0.3) is 0 Å². The highest BCUT2D eigenvalue weighted by Gasteiger charge is 2.25. The highest BCUT2D eigenvalue weighted by atomic mass is 79.9. The van der Waals surface area contributed by atoms with E-state index in [0.717, 1.165) is 31.5 Å². The summed E-state index contributed by atoms with van der Waals surface area (Å²) in [4.78, 5) is 4.77. The second-order valence-corrected chi connectivity index (χ2v) is 7.63. The first kappa shape index (κ1) is 16.5. The zero-order valence-electron chi connectivity index (χ0n) is 13.0. The molecule has 0 bridgehead atoms. The molecule has 1 heterocycles. The average Bonchev–Trinajstić information content (AvgIpc) is 2.62. The molecule has 0 spiro atoms. The summed E-state index contributed by atoms with van der Waals surface area (Å²) in [7, 11) is 0. The molecule has 3 aromatic carbocycles. The van der Waals surface area contributed by atoms with E-state index in [1.807, 2.05) is 36.4 Å². The van der Waals surface area contributed by atoms with Crippen molar-refractivity contribution in [2.45, 2.75) is 6.04 Å². The van der Waals surface area contributed by atoms with Crippen molar-refractivity contribution in [2.24, 2.45) is 4.99 Å². The van der Waals surface area contributed by atoms with Gasteiger partial charge in [-0.3, -0.25) is 0 Å². The normalized spacial score (nSPS) is 16.0. The van der Waals surface area contributed by atoms with Crippen LogP contribution in [0.1, 0.15) is 17.2 Å². The standard InChI is InChI=1S/C20H13Br2FN2/c21-14-5-1-12(2-6-14)19-20(13-3-7-15(22)8-4-13)25-18-11-16(23)9-10-17(18)24-19/h1-11,19,24H. The Morgan fingerprint density at radius 2 is 1.48 bits per heavy atom. The molecule has 1 aliphatic heterocycles. The first-order valence-electron chi connectivity index (χ1n) is 7.76. The largest absolute Gasteiger partial charge is 0.371 e. The molecule has 0 aliphatic carbocycles. The lowest BCUT2D eigenvalue weighted by Crippen LogP contribution is -2.25. The maximum Gasteiger partial charge on any atom is 0.125 e. The summed E-state index contributed by atoms with van der Waals surface area (Å²) in [5, 5.41) is 3.50. The number of nitrogens with zero attached hydrogens (tertiary/aromatic N) is 1. The minimum Gasteiger partial charge on any atom is -0.371 e. The van der Waals surface area contributed by atoms with Crippen LogP contribution in [-0.2, 0) is 0 Å². The summed E-state index contributed by atoms with van der Waals surface area (Å²) in [5.74, 6) is -0.290. The predicted molar refractivity (Wildman–Crippen MR) is 107 cm³/mol. The van der Waals surface area contributed by atoms with Crippen LogP contribution >= 0.6 is 31.9 Å². The Morgan fingerprint density at radius 3 is 2.16 bits per heavy atom. The van der Waals surface area contributed by atoms with Gasteiger partial charge in [0.05, 0.1) is 23.1 Å². The van der Waals surface area contributed by atoms with Crippen molar-refractivity contribution >= 4 is 48.9 Å². The number of fused-ring (bicyclic) bond motifs is 1. The molecular formula is C20H13Br2FN2. The van der Waals surface area contributed by atoms with Crippen LogP contribution in [0.15, 0.2) is 80.7 Å². The van der Waals surface area contributed by atoms with Crippen LogP contribution in [0.2, 0.25) is 0 Å². The third-order valence-corrected chi connectivity index (χ3v) is 5.17. The van der Waals surface area contributed by atoms with Crippen molar-refractivity contribution in [1.82, 2.24) is 0 Å². The van der Waals surface area contributed by atoms with Gasteiger partial charge in [0.1, 0.15) is 5.82 Å². The molecule has 5 heteroatoms. The molecule has 3 aromatic rings. The van der Waals surface area contributed by atoms with E-state index in [1.54, 1.807) is 6.07 Å². The van der Waals surface area contributed by atoms with Gasteiger partial charge in [0.2, 0.25) is 0 Å². The molecule has 25 heavy (non-hydrogen) atoms. The van der Waals surface area contributed by atoms with Gasteiger partial charge >= 0.3 is 0 Å². The fourth-order valence-corrected chi connectivity index (χ4v) is 3.41. The highest BCUT2D eigenvalue weighted by molar-refractivity contribution is 9.10. The Kier molecular flexibility index (Phi) is 4.44. The Bertz CT molecular complexity index is 950. The predicted octanol–water partition coefficient (Wildman–Crippen LogP) is 6.64. The average molecular weight is 460 g/mol. The van der Waals surface area contributed by atoms with Gasteiger partial charge in [0, 0.05) is 15.0 Å². The van der Waals surface area contributed by atoms with Crippen molar-refractivity contribution in [3.63, 3.8) is 0 Å². The molecule has 0 aromatic heterocycles. The van der Waals surface area contributed by atoms with Crippen LogP contribution in [-0.4, -0.2) is 5.71 Å². The van der Waals surface area contributed by atoms with Gasteiger partial charge in [0.25, 0.3) is 0 Å². The first-order valence-corrected chi connectivity index (χ1v) is 9.35. The van der Waals surface area contributed by atoms with E-state index in [1.165, 1.54) is 12.1 Å². The smallest absolute Gasteiger partial charge is 0.125 e. The highest BCUT2D eigenvalue weighted by Crippen LogP contribution is 2.37. The number of halogens is 3. The fourth-order valence-electron chi connectivity index (χ4n) is 2.89. The molecule has 0 saturated heterocycles. The molecule has 1 atom stereocenters. The lowest BCUT2D eigenvalue weighted by Gasteiger charge is -2.28. The maximum absolute atomic E-state index is 13.6. The van der Waals surface area contributed by atoms with Crippen LogP contribution in [0.3, 0.4) is 0 Å². The Hall–Kier alpha value is -1.98. The Morgan fingerprint density at radius 1 is 0.840 bits per heavy atom. The summed E-state index contributed by atoms with van der Waals surface area (Å²) in [5.41, 5.74) is 4.41. The van der Waals surface area contributed by atoms with Crippen molar-refractivity contribution in [1.29, 1.82) is 0 Å². The number of nitrogens with one attached hydrogen (secondary N) is 1. The number of aliphatic imine (C=N–C) groups is 1. The third-order valence-electron chi connectivity index (χ3n) is 4.12. The first-order chi connectivity index (χ1) is 12.1. The molecule has 0 amide bonds. The van der Waals surface area contributed by atoms with Gasteiger partial charge in [-0.05, 0) is 47.5 Å². The van der Waals surface area contributed by atoms with E-state index >= 15 is 0 Å². The second-order valence-electron chi connectivity index (χ2n) is 5.79. The van der Waals surface area contributed by atoms with Crippen molar-refractivity contribution in [3.05, 3.63) is 92.6 Å². The fraction of sp³-hybridized carbons (Fsp3) is 0.0500. The molecule has 2 nitrogen and oxygen atoms in total. The van der Waals surface area contributed by atoms with Gasteiger partial charge in [-0.2, -0.15) is 0 Å².